The van der Waals surface area contributed by atoms with Crippen molar-refractivity contribution in [1.82, 2.24) is 69.7 Å². The molecule has 0 amide bonds. The van der Waals surface area contributed by atoms with Crippen molar-refractivity contribution in [3.63, 3.8) is 0 Å². The lowest BCUT2D eigenvalue weighted by molar-refractivity contribution is 0.0967. The summed E-state index contributed by atoms with van der Waals surface area (Å²) in [6.07, 6.45) is 12.5. The highest BCUT2D eigenvalue weighted by Crippen LogP contribution is 2.48. The highest BCUT2D eigenvalue weighted by Gasteiger charge is 2.50. The number of anilines is 4. The van der Waals surface area contributed by atoms with Gasteiger partial charge in [0, 0.05) is 46.4 Å². The highest BCUT2D eigenvalue weighted by atomic mass is 19.1. The number of aryl methyl sites for hydroxylation is 3. The Kier molecular flexibility index (Phi) is 14.4. The smallest absolute Gasteiger partial charge is 0.238 e. The van der Waals surface area contributed by atoms with Gasteiger partial charge in [-0.25, -0.2) is 37.5 Å². The summed E-state index contributed by atoms with van der Waals surface area (Å²) in [4.78, 5) is 56.1. The van der Waals surface area contributed by atoms with E-state index in [2.05, 4.69) is 71.0 Å². The number of benzene rings is 2. The van der Waals surface area contributed by atoms with Gasteiger partial charge in [0.1, 0.15) is 37.6 Å². The number of nitrogens with zero attached hydrogens (tertiary/aromatic N) is 14. The second-order valence-electron chi connectivity index (χ2n) is 17.1. The molecule has 10 rings (SSSR count). The van der Waals surface area contributed by atoms with E-state index in [1.165, 1.54) is 19.6 Å². The van der Waals surface area contributed by atoms with Crippen LogP contribution in [0.5, 0.6) is 0 Å². The van der Waals surface area contributed by atoms with Gasteiger partial charge in [-0.15, -0.1) is 0 Å². The van der Waals surface area contributed by atoms with Gasteiger partial charge < -0.3 is 25.4 Å². The first kappa shape index (κ1) is 49.2. The minimum absolute atomic E-state index is 0.0368. The molecule has 6 heterocycles. The van der Waals surface area contributed by atoms with Gasteiger partial charge in [-0.2, -0.15) is 30.1 Å². The van der Waals surface area contributed by atoms with E-state index in [0.29, 0.717) is 46.7 Å². The number of carbonyl (C=O) groups excluding carboxylic acids is 2. The molecular formula is C46H47F4N17O4. The molecular weight excluding hydrogens is 931 g/mol. The Balaban J connectivity index is 0.000000160. The molecule has 2 aliphatic rings. The van der Waals surface area contributed by atoms with E-state index in [1.54, 1.807) is 86.4 Å². The first-order valence-corrected chi connectivity index (χ1v) is 22.2. The minimum Gasteiger partial charge on any atom is -0.338 e. The Hall–Kier alpha value is -8.22. The zero-order valence-electron chi connectivity index (χ0n) is 39.1. The molecule has 2 saturated carbocycles. The lowest BCUT2D eigenvalue weighted by atomic mass is 9.98. The summed E-state index contributed by atoms with van der Waals surface area (Å²) in [7, 11) is 3.59. The molecule has 368 valence electrons. The van der Waals surface area contributed by atoms with E-state index in [1.807, 2.05) is 0 Å². The van der Waals surface area contributed by atoms with Crippen LogP contribution in [0.2, 0.25) is 0 Å². The molecule has 0 atom stereocenters. The van der Waals surface area contributed by atoms with Crippen LogP contribution in [0, 0.1) is 25.5 Å². The Morgan fingerprint density at radius 3 is 1.58 bits per heavy atom. The number of nitrogens with one attached hydrogen (secondary N) is 2. The standard InChI is InChI=1S/C23H22F2N8O2.C15H16FN7.C8H9FN2O2/c1-13-14(4-6-17(34)20-30-21(35-32-20)23(11-24)7-8-23)3-5-16(18(13)25)19-26-12-27-22(31-19)29-15-9-28-33(2)10-15;1-9-10(5-17)3-4-12(13(9)16)14-18-8-19-15(22-14)21-11-6-20-23(2)7-11;1-5(12)6-10-7(13-11-6)8(4-9)2-3-8/h3,5,9-10,12H,4,6-8,11H2,1-2H3,(H,26,27,29,31);3-4,6-8H,5,17H2,1-2H3,(H,18,19,21,22);2-4H2,1H3. The first-order chi connectivity index (χ1) is 34.1. The molecule has 71 heavy (non-hydrogen) atoms. The maximum atomic E-state index is 15.2. The van der Waals surface area contributed by atoms with Crippen molar-refractivity contribution in [3.05, 3.63) is 119 Å². The number of ketones is 2. The van der Waals surface area contributed by atoms with E-state index in [9.17, 15) is 22.8 Å². The molecule has 2 aliphatic carbocycles. The molecule has 21 nitrogen and oxygen atoms in total. The van der Waals surface area contributed by atoms with Gasteiger partial charge in [0.2, 0.25) is 46.9 Å². The van der Waals surface area contributed by atoms with Gasteiger partial charge in [0.05, 0.1) is 45.7 Å². The van der Waals surface area contributed by atoms with Crippen LogP contribution < -0.4 is 16.4 Å². The molecule has 0 saturated heterocycles. The Labute approximate surface area is 402 Å². The number of alkyl halides is 2. The number of nitrogens with two attached hydrogens (primary N) is 1. The van der Waals surface area contributed by atoms with Gasteiger partial charge in [-0.1, -0.05) is 22.4 Å². The molecule has 0 radical (unpaired) electrons. The Bertz CT molecular complexity index is 3200. The van der Waals surface area contributed by atoms with Crippen molar-refractivity contribution in [1.29, 1.82) is 0 Å². The van der Waals surface area contributed by atoms with Gasteiger partial charge >= 0.3 is 0 Å². The van der Waals surface area contributed by atoms with E-state index >= 15 is 4.39 Å². The molecule has 2 fully saturated rings. The number of Topliss-reactive ketones (excluding diaryl/α,β-unsaturated/α-hetero) is 2. The van der Waals surface area contributed by atoms with Gasteiger partial charge in [0.25, 0.3) is 0 Å². The monoisotopic (exact) mass is 977 g/mol. The largest absolute Gasteiger partial charge is 0.338 e. The lowest BCUT2D eigenvalue weighted by Gasteiger charge is -2.10. The molecule has 0 spiro atoms. The van der Waals surface area contributed by atoms with Crippen LogP contribution >= 0.6 is 0 Å². The van der Waals surface area contributed by atoms with Crippen LogP contribution in [0.4, 0.5) is 40.8 Å². The van der Waals surface area contributed by atoms with E-state index < -0.39 is 30.0 Å². The predicted molar refractivity (Wildman–Crippen MR) is 246 cm³/mol. The average molecular weight is 978 g/mol. The van der Waals surface area contributed by atoms with Crippen LogP contribution in [-0.2, 0) is 37.9 Å². The number of aromatic nitrogens is 14. The fourth-order valence-electron chi connectivity index (χ4n) is 7.09. The first-order valence-electron chi connectivity index (χ1n) is 22.2. The SMILES string of the molecule is CC(=O)c1noc(C2(CF)CC2)n1.Cc1c(CCC(=O)c2noc(C3(CF)CC3)n2)ccc(-c2ncnc(Nc3cnn(C)c3)n2)c1F.Cc1c(CN)ccc(-c2ncnc(Nc3cnn(C)c3)n2)c1F. The summed E-state index contributed by atoms with van der Waals surface area (Å²) in [5, 5.41) is 21.3. The van der Waals surface area contributed by atoms with Crippen LogP contribution in [0.25, 0.3) is 22.8 Å². The molecule has 6 aromatic heterocycles. The Morgan fingerprint density at radius 1 is 0.690 bits per heavy atom. The highest BCUT2D eigenvalue weighted by molar-refractivity contribution is 5.92. The normalized spacial score (nSPS) is 13.9. The maximum Gasteiger partial charge on any atom is 0.238 e. The summed E-state index contributed by atoms with van der Waals surface area (Å²) < 4.78 is 68.7. The van der Waals surface area contributed by atoms with Crippen molar-refractivity contribution >= 4 is 34.8 Å². The van der Waals surface area contributed by atoms with Gasteiger partial charge in [-0.3, -0.25) is 19.0 Å². The summed E-state index contributed by atoms with van der Waals surface area (Å²) >= 11 is 0. The van der Waals surface area contributed by atoms with E-state index in [-0.39, 0.29) is 83.4 Å². The molecule has 2 aromatic carbocycles. The predicted octanol–water partition coefficient (Wildman–Crippen LogP) is 6.86. The quantitative estimate of drug-likeness (QED) is 0.0659. The number of hydrogen-bond donors (Lipinski definition) is 3. The van der Waals surface area contributed by atoms with Crippen LogP contribution in [-0.4, -0.2) is 94.7 Å². The van der Waals surface area contributed by atoms with Crippen molar-refractivity contribution < 1.29 is 36.2 Å². The van der Waals surface area contributed by atoms with Crippen LogP contribution in [0.1, 0.15) is 94.3 Å². The number of hydrogen-bond acceptors (Lipinski definition) is 19. The lowest BCUT2D eigenvalue weighted by Crippen LogP contribution is -2.10. The molecule has 8 aromatic rings. The molecule has 0 bridgehead atoms. The topological polar surface area (TPSA) is 275 Å². The average Bonchev–Trinajstić information content (AvgIpc) is 4.01. The van der Waals surface area contributed by atoms with Crippen molar-refractivity contribution in [2.24, 2.45) is 19.8 Å². The van der Waals surface area contributed by atoms with Gasteiger partial charge in [0.15, 0.2) is 11.6 Å². The third kappa shape index (κ3) is 11.1. The molecule has 0 aliphatic heterocycles. The summed E-state index contributed by atoms with van der Waals surface area (Å²) in [6, 6.07) is 6.73. The molecule has 0 unspecified atom stereocenters. The van der Waals surface area contributed by atoms with Crippen molar-refractivity contribution in [2.45, 2.75) is 76.7 Å². The third-order valence-corrected chi connectivity index (χ3v) is 11.9. The van der Waals surface area contributed by atoms with Crippen LogP contribution in [0.15, 0.2) is 70.8 Å². The number of rotatable bonds is 16. The number of halogens is 4. The minimum atomic E-state index is -0.719. The fraction of sp³-hybridized carbons (Fsp3) is 0.348. The summed E-state index contributed by atoms with van der Waals surface area (Å²) in [5.74, 6) is -0.0376. The third-order valence-electron chi connectivity index (χ3n) is 11.9. The number of carbonyl (C=O) groups is 2. The van der Waals surface area contributed by atoms with Gasteiger partial charge in [-0.05, 0) is 80.3 Å². The molecule has 25 heteroatoms. The summed E-state index contributed by atoms with van der Waals surface area (Å²) in [6.45, 7) is 3.89. The van der Waals surface area contributed by atoms with Crippen LogP contribution in [0.3, 0.4) is 0 Å². The molecule has 4 N–H and O–H groups in total. The van der Waals surface area contributed by atoms with E-state index in [4.69, 9.17) is 14.8 Å². The van der Waals surface area contributed by atoms with Crippen molar-refractivity contribution in [2.75, 3.05) is 24.0 Å². The summed E-state index contributed by atoms with van der Waals surface area (Å²) in [5.41, 5.74) is 8.58. The fourth-order valence-corrected chi connectivity index (χ4v) is 7.09. The van der Waals surface area contributed by atoms with Crippen molar-refractivity contribution in [3.8, 4) is 22.8 Å². The maximum absolute atomic E-state index is 15.2. The van der Waals surface area contributed by atoms with E-state index in [0.717, 1.165) is 24.1 Å². The Morgan fingerprint density at radius 2 is 1.15 bits per heavy atom. The second kappa shape index (κ2) is 20.8. The second-order valence-corrected chi connectivity index (χ2v) is 17.1. The zero-order valence-corrected chi connectivity index (χ0v) is 39.1. The zero-order chi connectivity index (χ0) is 50.5.